The molecule has 3 aliphatic rings. The molecular formula is C11H16O2. The molecule has 2 atom stereocenters. The Labute approximate surface area is 78.7 Å². The van der Waals surface area contributed by atoms with Crippen molar-refractivity contribution >= 4 is 11.6 Å². The zero-order chi connectivity index (χ0) is 9.85. The van der Waals surface area contributed by atoms with Crippen LogP contribution in [0.1, 0.15) is 40.0 Å². The number of rotatable bonds is 0. The Morgan fingerprint density at radius 1 is 1.23 bits per heavy atom. The van der Waals surface area contributed by atoms with Crippen LogP contribution in [0.25, 0.3) is 0 Å². The molecule has 0 aromatic carbocycles. The van der Waals surface area contributed by atoms with Gasteiger partial charge in [0.15, 0.2) is 5.78 Å². The highest BCUT2D eigenvalue weighted by molar-refractivity contribution is 6.11. The van der Waals surface area contributed by atoms with E-state index in [0.717, 1.165) is 12.8 Å². The van der Waals surface area contributed by atoms with Crippen molar-refractivity contribution in [3.63, 3.8) is 0 Å². The molecule has 72 valence electrons. The van der Waals surface area contributed by atoms with Gasteiger partial charge in [-0.3, -0.25) is 9.59 Å². The van der Waals surface area contributed by atoms with Gasteiger partial charge in [0, 0.05) is 11.8 Å². The molecule has 2 heteroatoms. The summed E-state index contributed by atoms with van der Waals surface area (Å²) in [5.41, 5.74) is -0.904. The summed E-state index contributed by atoms with van der Waals surface area (Å²) in [6.07, 6.45) is 2.44. The molecule has 0 radical (unpaired) electrons. The summed E-state index contributed by atoms with van der Waals surface area (Å²) in [4.78, 5) is 23.7. The summed E-state index contributed by atoms with van der Waals surface area (Å²) < 4.78 is 0. The van der Waals surface area contributed by atoms with Crippen LogP contribution in [0.5, 0.6) is 0 Å². The molecule has 0 aliphatic heterocycles. The van der Waals surface area contributed by atoms with E-state index in [4.69, 9.17) is 0 Å². The molecule has 3 saturated carbocycles. The fraction of sp³-hybridized carbons (Fsp3) is 0.818. The standard InChI is InChI=1S/C11H16O2/c1-10(2)7-4-5-11(3,9(10)13)8(12)6-7/h7H,4-6H2,1-3H3. The topological polar surface area (TPSA) is 34.1 Å². The van der Waals surface area contributed by atoms with Gasteiger partial charge in [-0.1, -0.05) is 13.8 Å². The second-order valence-corrected chi connectivity index (χ2v) is 5.25. The predicted molar refractivity (Wildman–Crippen MR) is 49.2 cm³/mol. The van der Waals surface area contributed by atoms with Crippen LogP contribution < -0.4 is 0 Å². The highest BCUT2D eigenvalue weighted by Crippen LogP contribution is 2.53. The average Bonchev–Trinajstić information content (AvgIpc) is 2.05. The van der Waals surface area contributed by atoms with Crippen molar-refractivity contribution in [1.29, 1.82) is 0 Å². The van der Waals surface area contributed by atoms with Crippen LogP contribution in [0.3, 0.4) is 0 Å². The zero-order valence-electron chi connectivity index (χ0n) is 8.52. The quantitative estimate of drug-likeness (QED) is 0.534. The molecule has 2 unspecified atom stereocenters. The lowest BCUT2D eigenvalue weighted by Gasteiger charge is -2.50. The Bertz CT molecular complexity index is 290. The number of ketones is 2. The molecule has 3 aliphatic carbocycles. The van der Waals surface area contributed by atoms with E-state index in [1.54, 1.807) is 0 Å². The summed E-state index contributed by atoms with van der Waals surface area (Å²) in [5, 5.41) is 0. The number of fused-ring (bicyclic) bond motifs is 3. The third kappa shape index (κ3) is 0.890. The van der Waals surface area contributed by atoms with Crippen molar-refractivity contribution in [2.24, 2.45) is 16.7 Å². The van der Waals surface area contributed by atoms with Gasteiger partial charge in [-0.25, -0.2) is 0 Å². The first-order chi connectivity index (χ1) is 5.89. The molecule has 0 aromatic heterocycles. The molecule has 0 amide bonds. The average molecular weight is 180 g/mol. The maximum absolute atomic E-state index is 12.0. The van der Waals surface area contributed by atoms with Gasteiger partial charge < -0.3 is 0 Å². The van der Waals surface area contributed by atoms with Crippen molar-refractivity contribution in [2.75, 3.05) is 0 Å². The van der Waals surface area contributed by atoms with Crippen molar-refractivity contribution in [3.05, 3.63) is 0 Å². The minimum Gasteiger partial charge on any atom is -0.299 e. The highest BCUT2D eigenvalue weighted by Gasteiger charge is 2.58. The lowest BCUT2D eigenvalue weighted by molar-refractivity contribution is -0.161. The molecule has 0 aromatic rings. The first kappa shape index (κ1) is 8.92. The minimum absolute atomic E-state index is 0.174. The molecular weight excluding hydrogens is 164 g/mol. The zero-order valence-corrected chi connectivity index (χ0v) is 8.52. The normalized spacial score (nSPS) is 42.5. The lowest BCUT2D eigenvalue weighted by atomic mass is 9.50. The maximum atomic E-state index is 12.0. The molecule has 0 N–H and O–H groups in total. The summed E-state index contributed by atoms with van der Waals surface area (Å²) in [5.74, 6) is 0.648. The first-order valence-corrected chi connectivity index (χ1v) is 4.97. The van der Waals surface area contributed by atoms with E-state index in [9.17, 15) is 9.59 Å². The second-order valence-electron chi connectivity index (χ2n) is 5.25. The summed E-state index contributed by atoms with van der Waals surface area (Å²) in [6.45, 7) is 5.81. The number of hydrogen-bond donors (Lipinski definition) is 0. The molecule has 3 rings (SSSR count). The van der Waals surface area contributed by atoms with Crippen LogP contribution in [0.2, 0.25) is 0 Å². The van der Waals surface area contributed by atoms with Crippen LogP contribution in [-0.4, -0.2) is 11.6 Å². The predicted octanol–water partition coefficient (Wildman–Crippen LogP) is 1.97. The minimum atomic E-state index is -0.641. The molecule has 2 bridgehead atoms. The van der Waals surface area contributed by atoms with Crippen molar-refractivity contribution in [1.82, 2.24) is 0 Å². The number of carbonyl (C=O) groups excluding carboxylic acids is 2. The van der Waals surface area contributed by atoms with E-state index < -0.39 is 5.41 Å². The Hall–Kier alpha value is -0.660. The highest BCUT2D eigenvalue weighted by atomic mass is 16.2. The molecule has 0 saturated heterocycles. The van der Waals surface area contributed by atoms with Crippen molar-refractivity contribution < 1.29 is 9.59 Å². The van der Waals surface area contributed by atoms with Gasteiger partial charge >= 0.3 is 0 Å². The van der Waals surface area contributed by atoms with E-state index in [1.807, 2.05) is 20.8 Å². The van der Waals surface area contributed by atoms with Crippen LogP contribution >= 0.6 is 0 Å². The van der Waals surface area contributed by atoms with Gasteiger partial charge in [0.25, 0.3) is 0 Å². The molecule has 3 fully saturated rings. The number of Topliss-reactive ketones (excluding diaryl/α,β-unsaturated/α-hetero) is 2. The Morgan fingerprint density at radius 3 is 2.31 bits per heavy atom. The Morgan fingerprint density at radius 2 is 1.85 bits per heavy atom. The SMILES string of the molecule is CC12CCC(CC1=O)C(C)(C)C2=O. The second kappa shape index (κ2) is 2.23. The molecule has 0 heterocycles. The molecule has 2 nitrogen and oxygen atoms in total. The van der Waals surface area contributed by atoms with E-state index >= 15 is 0 Å². The fourth-order valence-corrected chi connectivity index (χ4v) is 2.91. The third-order valence-electron chi connectivity index (χ3n) is 4.15. The van der Waals surface area contributed by atoms with Gasteiger partial charge in [-0.2, -0.15) is 0 Å². The van der Waals surface area contributed by atoms with Gasteiger partial charge in [0.1, 0.15) is 5.78 Å². The smallest absolute Gasteiger partial charge is 0.151 e. The van der Waals surface area contributed by atoms with Gasteiger partial charge in [-0.05, 0) is 25.7 Å². The van der Waals surface area contributed by atoms with E-state index in [0.29, 0.717) is 12.3 Å². The number of carbonyl (C=O) groups is 2. The summed E-state index contributed by atoms with van der Waals surface area (Å²) in [7, 11) is 0. The monoisotopic (exact) mass is 180 g/mol. The van der Waals surface area contributed by atoms with E-state index in [1.165, 1.54) is 0 Å². The largest absolute Gasteiger partial charge is 0.299 e. The third-order valence-corrected chi connectivity index (χ3v) is 4.15. The van der Waals surface area contributed by atoms with Gasteiger partial charge in [-0.15, -0.1) is 0 Å². The van der Waals surface area contributed by atoms with Gasteiger partial charge in [0.05, 0.1) is 5.41 Å². The van der Waals surface area contributed by atoms with Crippen molar-refractivity contribution in [3.8, 4) is 0 Å². The van der Waals surface area contributed by atoms with Crippen LogP contribution in [0.4, 0.5) is 0 Å². The molecule has 13 heavy (non-hydrogen) atoms. The Balaban J connectivity index is 2.48. The van der Waals surface area contributed by atoms with Gasteiger partial charge in [0.2, 0.25) is 0 Å². The summed E-state index contributed by atoms with van der Waals surface area (Å²) in [6, 6.07) is 0. The fourth-order valence-electron chi connectivity index (χ4n) is 2.91. The van der Waals surface area contributed by atoms with Crippen LogP contribution in [0, 0.1) is 16.7 Å². The maximum Gasteiger partial charge on any atom is 0.151 e. The van der Waals surface area contributed by atoms with E-state index in [2.05, 4.69) is 0 Å². The van der Waals surface area contributed by atoms with Crippen LogP contribution in [-0.2, 0) is 9.59 Å². The van der Waals surface area contributed by atoms with Crippen LogP contribution in [0.15, 0.2) is 0 Å². The first-order valence-electron chi connectivity index (χ1n) is 4.97. The van der Waals surface area contributed by atoms with Crippen molar-refractivity contribution in [2.45, 2.75) is 40.0 Å². The van der Waals surface area contributed by atoms with E-state index in [-0.39, 0.29) is 17.0 Å². The number of hydrogen-bond acceptors (Lipinski definition) is 2. The molecule has 0 spiro atoms. The summed E-state index contributed by atoms with van der Waals surface area (Å²) >= 11 is 0. The lowest BCUT2D eigenvalue weighted by Crippen LogP contribution is -2.57. The Kier molecular flexibility index (Phi) is 1.53.